The summed E-state index contributed by atoms with van der Waals surface area (Å²) in [4.78, 5) is 12.0. The van der Waals surface area contributed by atoms with E-state index in [2.05, 4.69) is 31.2 Å². The zero-order valence-corrected chi connectivity index (χ0v) is 12.0. The molecular weight excluding hydrogens is 242 g/mol. The fraction of sp³-hybridized carbons (Fsp3) is 0.714. The van der Waals surface area contributed by atoms with Crippen molar-refractivity contribution in [1.29, 1.82) is 0 Å². The van der Waals surface area contributed by atoms with Crippen molar-refractivity contribution in [2.24, 2.45) is 0 Å². The maximum atomic E-state index is 12.0. The van der Waals surface area contributed by atoms with Gasteiger partial charge in [0.05, 0.1) is 30.1 Å². The molecule has 0 saturated carbocycles. The molecule has 0 aliphatic carbocycles. The SMILES string of the molecule is CCCNc1cnn(CC2CCC(C)(C)O2)c(=O)c1. The summed E-state index contributed by atoms with van der Waals surface area (Å²) >= 11 is 0. The Morgan fingerprint density at radius 1 is 1.58 bits per heavy atom. The van der Waals surface area contributed by atoms with Crippen LogP contribution in [0.2, 0.25) is 0 Å². The Labute approximate surface area is 114 Å². The van der Waals surface area contributed by atoms with Gasteiger partial charge in [0, 0.05) is 12.6 Å². The maximum Gasteiger partial charge on any atom is 0.268 e. The number of hydrogen-bond donors (Lipinski definition) is 1. The topological polar surface area (TPSA) is 56.1 Å². The third-order valence-corrected chi connectivity index (χ3v) is 3.38. The summed E-state index contributed by atoms with van der Waals surface area (Å²) in [5.74, 6) is 0. The highest BCUT2D eigenvalue weighted by atomic mass is 16.5. The number of nitrogens with zero attached hydrogens (tertiary/aromatic N) is 2. The average Bonchev–Trinajstić information content (AvgIpc) is 2.69. The van der Waals surface area contributed by atoms with Gasteiger partial charge in [0.1, 0.15) is 0 Å². The van der Waals surface area contributed by atoms with Gasteiger partial charge in [0.25, 0.3) is 5.56 Å². The molecule has 0 amide bonds. The van der Waals surface area contributed by atoms with Gasteiger partial charge in [-0.2, -0.15) is 5.10 Å². The van der Waals surface area contributed by atoms with Crippen LogP contribution in [-0.4, -0.2) is 28.0 Å². The van der Waals surface area contributed by atoms with Crippen LogP contribution in [0.3, 0.4) is 0 Å². The maximum absolute atomic E-state index is 12.0. The number of nitrogens with one attached hydrogen (secondary N) is 1. The molecule has 19 heavy (non-hydrogen) atoms. The van der Waals surface area contributed by atoms with Crippen LogP contribution in [0.25, 0.3) is 0 Å². The summed E-state index contributed by atoms with van der Waals surface area (Å²) in [7, 11) is 0. The summed E-state index contributed by atoms with van der Waals surface area (Å²) in [6.07, 6.45) is 4.83. The smallest absolute Gasteiger partial charge is 0.268 e. The average molecular weight is 265 g/mol. The molecule has 1 aliphatic heterocycles. The highest BCUT2D eigenvalue weighted by molar-refractivity contribution is 5.38. The van der Waals surface area contributed by atoms with Crippen LogP contribution < -0.4 is 10.9 Å². The molecule has 2 rings (SSSR count). The molecule has 1 aromatic rings. The zero-order chi connectivity index (χ0) is 13.9. The first kappa shape index (κ1) is 14.1. The van der Waals surface area contributed by atoms with Crippen molar-refractivity contribution in [3.63, 3.8) is 0 Å². The van der Waals surface area contributed by atoms with Gasteiger partial charge >= 0.3 is 0 Å². The Hall–Kier alpha value is -1.36. The first-order valence-electron chi connectivity index (χ1n) is 6.99. The van der Waals surface area contributed by atoms with Crippen LogP contribution in [-0.2, 0) is 11.3 Å². The van der Waals surface area contributed by atoms with Crippen molar-refractivity contribution in [2.45, 2.75) is 58.3 Å². The van der Waals surface area contributed by atoms with Crippen molar-refractivity contribution in [2.75, 3.05) is 11.9 Å². The molecule has 5 nitrogen and oxygen atoms in total. The van der Waals surface area contributed by atoms with E-state index in [4.69, 9.17) is 4.74 Å². The van der Waals surface area contributed by atoms with E-state index >= 15 is 0 Å². The van der Waals surface area contributed by atoms with Gasteiger partial charge < -0.3 is 10.1 Å². The number of rotatable bonds is 5. The van der Waals surface area contributed by atoms with E-state index in [1.54, 1.807) is 12.3 Å². The van der Waals surface area contributed by atoms with Crippen LogP contribution in [0.15, 0.2) is 17.1 Å². The van der Waals surface area contributed by atoms with Crippen molar-refractivity contribution < 1.29 is 4.74 Å². The predicted molar refractivity (Wildman–Crippen MR) is 75.5 cm³/mol. The first-order chi connectivity index (χ1) is 9.00. The largest absolute Gasteiger partial charge is 0.384 e. The molecule has 1 aliphatic rings. The first-order valence-corrected chi connectivity index (χ1v) is 6.99. The Morgan fingerprint density at radius 2 is 2.37 bits per heavy atom. The van der Waals surface area contributed by atoms with Crippen LogP contribution >= 0.6 is 0 Å². The highest BCUT2D eigenvalue weighted by Crippen LogP contribution is 2.29. The molecule has 0 bridgehead atoms. The Morgan fingerprint density at radius 3 is 2.95 bits per heavy atom. The highest BCUT2D eigenvalue weighted by Gasteiger charge is 2.31. The Balaban J connectivity index is 2.00. The quantitative estimate of drug-likeness (QED) is 0.885. The fourth-order valence-corrected chi connectivity index (χ4v) is 2.34. The van der Waals surface area contributed by atoms with Gasteiger partial charge in [-0.1, -0.05) is 6.92 Å². The number of hydrogen-bond acceptors (Lipinski definition) is 4. The molecule has 5 heteroatoms. The summed E-state index contributed by atoms with van der Waals surface area (Å²) in [5, 5.41) is 7.37. The van der Waals surface area contributed by atoms with Gasteiger partial charge in [-0.15, -0.1) is 0 Å². The minimum atomic E-state index is -0.0746. The van der Waals surface area contributed by atoms with Gasteiger partial charge in [0.2, 0.25) is 0 Å². The standard InChI is InChI=1S/C14H23N3O2/c1-4-7-15-11-8-13(18)17(16-9-11)10-12-5-6-14(2,3)19-12/h8-9,12,15H,4-7,10H2,1-3H3. The number of anilines is 1. The van der Waals surface area contributed by atoms with Gasteiger partial charge in [-0.3, -0.25) is 4.79 Å². The normalized spacial score (nSPS) is 21.5. The predicted octanol–water partition coefficient (Wildman–Crippen LogP) is 2.02. The van der Waals surface area contributed by atoms with Crippen molar-refractivity contribution >= 4 is 5.69 Å². The van der Waals surface area contributed by atoms with Crippen LogP contribution in [0.4, 0.5) is 5.69 Å². The van der Waals surface area contributed by atoms with Gasteiger partial charge in [-0.05, 0) is 33.1 Å². The Bertz CT molecular complexity index is 482. The van der Waals surface area contributed by atoms with E-state index < -0.39 is 0 Å². The van der Waals surface area contributed by atoms with Crippen molar-refractivity contribution in [3.05, 3.63) is 22.6 Å². The molecule has 106 valence electrons. The van der Waals surface area contributed by atoms with Crippen molar-refractivity contribution in [3.8, 4) is 0 Å². The second-order valence-electron chi connectivity index (χ2n) is 5.73. The molecule has 1 saturated heterocycles. The second-order valence-corrected chi connectivity index (χ2v) is 5.73. The summed E-state index contributed by atoms with van der Waals surface area (Å²) in [5.41, 5.74) is 0.641. The molecule has 1 aromatic heterocycles. The fourth-order valence-electron chi connectivity index (χ4n) is 2.34. The minimum Gasteiger partial charge on any atom is -0.384 e. The minimum absolute atomic E-state index is 0.0725. The van der Waals surface area contributed by atoms with E-state index in [9.17, 15) is 4.79 Å². The van der Waals surface area contributed by atoms with Crippen molar-refractivity contribution in [1.82, 2.24) is 9.78 Å². The Kier molecular flexibility index (Phi) is 4.24. The molecule has 0 spiro atoms. The third-order valence-electron chi connectivity index (χ3n) is 3.38. The van der Waals surface area contributed by atoms with Crippen LogP contribution in [0.5, 0.6) is 0 Å². The molecule has 1 atom stereocenters. The summed E-state index contributed by atoms with van der Waals surface area (Å²) in [6.45, 7) is 7.64. The van der Waals surface area contributed by atoms with E-state index in [1.807, 2.05) is 0 Å². The van der Waals surface area contributed by atoms with E-state index in [0.717, 1.165) is 31.5 Å². The summed E-state index contributed by atoms with van der Waals surface area (Å²) < 4.78 is 7.38. The number of aromatic nitrogens is 2. The van der Waals surface area contributed by atoms with E-state index in [-0.39, 0.29) is 17.3 Å². The molecule has 2 heterocycles. The molecule has 1 unspecified atom stereocenters. The van der Waals surface area contributed by atoms with E-state index in [0.29, 0.717) is 6.54 Å². The lowest BCUT2D eigenvalue weighted by Gasteiger charge is -2.19. The third kappa shape index (κ3) is 3.80. The lowest BCUT2D eigenvalue weighted by Crippen LogP contribution is -2.30. The lowest BCUT2D eigenvalue weighted by molar-refractivity contribution is -0.0235. The zero-order valence-electron chi connectivity index (χ0n) is 12.0. The number of ether oxygens (including phenoxy) is 1. The van der Waals surface area contributed by atoms with Crippen LogP contribution in [0, 0.1) is 0 Å². The lowest BCUT2D eigenvalue weighted by atomic mass is 10.1. The molecule has 1 N–H and O–H groups in total. The van der Waals surface area contributed by atoms with Gasteiger partial charge in [-0.25, -0.2) is 4.68 Å². The molecular formula is C14H23N3O2. The van der Waals surface area contributed by atoms with Crippen LogP contribution in [0.1, 0.15) is 40.0 Å². The molecule has 0 radical (unpaired) electrons. The molecule has 0 aromatic carbocycles. The van der Waals surface area contributed by atoms with E-state index in [1.165, 1.54) is 4.68 Å². The summed E-state index contributed by atoms with van der Waals surface area (Å²) in [6, 6.07) is 1.60. The molecule has 1 fully saturated rings. The van der Waals surface area contributed by atoms with Gasteiger partial charge in [0.15, 0.2) is 0 Å². The second kappa shape index (κ2) is 5.74. The monoisotopic (exact) mass is 265 g/mol.